The Morgan fingerprint density at radius 2 is 1.68 bits per heavy atom. The third kappa shape index (κ3) is 10.1. The Bertz CT molecular complexity index is 638. The molecule has 0 atom stereocenters. The molecule has 2 rings (SSSR count). The number of benzene rings is 1. The van der Waals surface area contributed by atoms with E-state index in [9.17, 15) is 4.79 Å². The first-order valence-corrected chi connectivity index (χ1v) is 10.7. The summed E-state index contributed by atoms with van der Waals surface area (Å²) in [5, 5.41) is 2.81. The van der Waals surface area contributed by atoms with E-state index < -0.39 is 0 Å². The van der Waals surface area contributed by atoms with Gasteiger partial charge in [0.05, 0.1) is 12.9 Å². The smallest absolute Gasteiger partial charge is 0.216 e. The summed E-state index contributed by atoms with van der Waals surface area (Å²) >= 11 is 0. The lowest BCUT2D eigenvalue weighted by molar-refractivity contribution is -0.118. The molecule has 1 N–H and O–H groups in total. The van der Waals surface area contributed by atoms with Gasteiger partial charge in [0.15, 0.2) is 0 Å². The average molecular weight is 386 g/mol. The fraction of sp³-hybridized carbons (Fsp3) is 0.565. The van der Waals surface area contributed by atoms with Gasteiger partial charge in [-0.15, -0.1) is 0 Å². The molecular formula is C23H35N3O2. The van der Waals surface area contributed by atoms with Crippen molar-refractivity contribution in [1.29, 1.82) is 0 Å². The quantitative estimate of drug-likeness (QED) is 0.450. The minimum Gasteiger partial charge on any atom is -0.494 e. The lowest BCUT2D eigenvalue weighted by Crippen LogP contribution is -2.22. The van der Waals surface area contributed by atoms with Gasteiger partial charge in [0.25, 0.3) is 0 Å². The summed E-state index contributed by atoms with van der Waals surface area (Å²) in [6.45, 7) is 4.10. The highest BCUT2D eigenvalue weighted by Gasteiger charge is 1.98. The van der Waals surface area contributed by atoms with E-state index in [1.54, 1.807) is 6.92 Å². The molecule has 5 nitrogen and oxygen atoms in total. The zero-order chi connectivity index (χ0) is 19.9. The average Bonchev–Trinajstić information content (AvgIpc) is 3.20. The number of amides is 1. The fourth-order valence-electron chi connectivity index (χ4n) is 3.20. The normalized spacial score (nSPS) is 10.8. The molecule has 28 heavy (non-hydrogen) atoms. The number of aryl methyl sites for hydroxylation is 1. The van der Waals surface area contributed by atoms with E-state index in [4.69, 9.17) is 4.74 Å². The first-order chi connectivity index (χ1) is 13.7. The molecule has 1 amide bonds. The van der Waals surface area contributed by atoms with Crippen LogP contribution in [0.15, 0.2) is 43.0 Å². The highest BCUT2D eigenvalue weighted by Crippen LogP contribution is 2.14. The van der Waals surface area contributed by atoms with Gasteiger partial charge in [-0.05, 0) is 37.0 Å². The summed E-state index contributed by atoms with van der Waals surface area (Å²) in [7, 11) is 0. The predicted molar refractivity (Wildman–Crippen MR) is 113 cm³/mol. The molecule has 2 aromatic rings. The van der Waals surface area contributed by atoms with Crippen LogP contribution in [0.25, 0.3) is 0 Å². The Balaban J connectivity index is 1.39. The number of nitrogens with one attached hydrogen (secondary N) is 1. The van der Waals surface area contributed by atoms with Gasteiger partial charge in [-0.2, -0.15) is 0 Å². The molecule has 1 heterocycles. The minimum atomic E-state index is 0.0190. The van der Waals surface area contributed by atoms with Crippen molar-refractivity contribution in [1.82, 2.24) is 14.9 Å². The van der Waals surface area contributed by atoms with Crippen LogP contribution in [0.4, 0.5) is 0 Å². The molecule has 0 spiro atoms. The summed E-state index contributed by atoms with van der Waals surface area (Å²) in [5.74, 6) is 0.951. The number of carbonyl (C=O) groups is 1. The summed E-state index contributed by atoms with van der Waals surface area (Å²) in [5.41, 5.74) is 1.21. The minimum absolute atomic E-state index is 0.0190. The summed E-state index contributed by atoms with van der Waals surface area (Å²) in [6, 6.07) is 8.19. The Kier molecular flexibility index (Phi) is 10.8. The molecule has 0 bridgehead atoms. The molecule has 5 heteroatoms. The van der Waals surface area contributed by atoms with E-state index >= 15 is 0 Å². The molecule has 0 fully saturated rings. The van der Waals surface area contributed by atoms with Gasteiger partial charge in [0, 0.05) is 32.4 Å². The van der Waals surface area contributed by atoms with Crippen molar-refractivity contribution in [2.75, 3.05) is 13.2 Å². The van der Waals surface area contributed by atoms with E-state index in [0.29, 0.717) is 6.54 Å². The SMILES string of the molecule is CC(=O)NCCc1ccc(OCCCCCCCCCCn2ccnc2)cc1. The van der Waals surface area contributed by atoms with Crippen LogP contribution in [0, 0.1) is 0 Å². The van der Waals surface area contributed by atoms with Crippen molar-refractivity contribution >= 4 is 5.91 Å². The van der Waals surface area contributed by atoms with E-state index in [1.165, 1.54) is 50.5 Å². The highest BCUT2D eigenvalue weighted by atomic mass is 16.5. The first kappa shape index (κ1) is 22.0. The zero-order valence-electron chi connectivity index (χ0n) is 17.2. The molecule has 0 aliphatic carbocycles. The van der Waals surface area contributed by atoms with Gasteiger partial charge >= 0.3 is 0 Å². The summed E-state index contributed by atoms with van der Waals surface area (Å²) < 4.78 is 7.97. The van der Waals surface area contributed by atoms with Crippen LogP contribution in [0.2, 0.25) is 0 Å². The van der Waals surface area contributed by atoms with Crippen molar-refractivity contribution in [3.8, 4) is 5.75 Å². The molecule has 0 saturated heterocycles. The van der Waals surface area contributed by atoms with E-state index in [2.05, 4.69) is 27.0 Å². The number of carbonyl (C=O) groups excluding carboxylic acids is 1. The molecule has 0 radical (unpaired) electrons. The van der Waals surface area contributed by atoms with Crippen molar-refractivity contribution in [2.24, 2.45) is 0 Å². The fourth-order valence-corrected chi connectivity index (χ4v) is 3.20. The Morgan fingerprint density at radius 3 is 2.32 bits per heavy atom. The third-order valence-electron chi connectivity index (χ3n) is 4.85. The number of hydrogen-bond donors (Lipinski definition) is 1. The van der Waals surface area contributed by atoms with Crippen LogP contribution in [0.1, 0.15) is 63.9 Å². The van der Waals surface area contributed by atoms with Crippen molar-refractivity contribution in [3.63, 3.8) is 0 Å². The number of nitrogens with zero attached hydrogens (tertiary/aromatic N) is 2. The van der Waals surface area contributed by atoms with Gasteiger partial charge < -0.3 is 14.6 Å². The maximum Gasteiger partial charge on any atom is 0.216 e. The molecule has 0 aliphatic heterocycles. The Morgan fingerprint density at radius 1 is 1.00 bits per heavy atom. The lowest BCUT2D eigenvalue weighted by atomic mass is 10.1. The molecule has 154 valence electrons. The monoisotopic (exact) mass is 385 g/mol. The first-order valence-electron chi connectivity index (χ1n) is 10.7. The van der Waals surface area contributed by atoms with Crippen molar-refractivity contribution in [2.45, 2.75) is 71.3 Å². The second-order valence-corrected chi connectivity index (χ2v) is 7.35. The van der Waals surface area contributed by atoms with Gasteiger partial charge in [0.1, 0.15) is 5.75 Å². The largest absolute Gasteiger partial charge is 0.494 e. The number of ether oxygens (including phenoxy) is 1. The van der Waals surface area contributed by atoms with Gasteiger partial charge in [-0.25, -0.2) is 4.98 Å². The number of aromatic nitrogens is 2. The zero-order valence-corrected chi connectivity index (χ0v) is 17.2. The van der Waals surface area contributed by atoms with Crippen LogP contribution in [0.5, 0.6) is 5.75 Å². The van der Waals surface area contributed by atoms with Crippen LogP contribution >= 0.6 is 0 Å². The number of imidazole rings is 1. The molecule has 1 aromatic carbocycles. The topological polar surface area (TPSA) is 56.1 Å². The number of hydrogen-bond acceptors (Lipinski definition) is 3. The van der Waals surface area contributed by atoms with Crippen molar-refractivity contribution in [3.05, 3.63) is 48.5 Å². The lowest BCUT2D eigenvalue weighted by Gasteiger charge is -2.08. The predicted octanol–water partition coefficient (Wildman–Crippen LogP) is 4.76. The number of unbranched alkanes of at least 4 members (excludes halogenated alkanes) is 7. The summed E-state index contributed by atoms with van der Waals surface area (Å²) in [4.78, 5) is 14.9. The van der Waals surface area contributed by atoms with E-state index in [1.807, 2.05) is 30.9 Å². The van der Waals surface area contributed by atoms with Gasteiger partial charge in [-0.1, -0.05) is 50.7 Å². The molecule has 0 saturated carbocycles. The molecule has 1 aromatic heterocycles. The Hall–Kier alpha value is -2.30. The molecule has 0 unspecified atom stereocenters. The standard InChI is InChI=1S/C23H35N3O2/c1-21(27)25-15-14-22-10-12-23(13-11-22)28-19-9-7-5-3-2-4-6-8-17-26-18-16-24-20-26/h10-13,16,18,20H,2-9,14-15,17,19H2,1H3,(H,25,27). The second-order valence-electron chi connectivity index (χ2n) is 7.35. The van der Waals surface area contributed by atoms with Crippen molar-refractivity contribution < 1.29 is 9.53 Å². The van der Waals surface area contributed by atoms with E-state index in [-0.39, 0.29) is 5.91 Å². The maximum absolute atomic E-state index is 10.9. The number of rotatable bonds is 15. The molecular weight excluding hydrogens is 350 g/mol. The maximum atomic E-state index is 10.9. The van der Waals surface area contributed by atoms with Crippen LogP contribution in [0.3, 0.4) is 0 Å². The summed E-state index contributed by atoms with van der Waals surface area (Å²) in [6.07, 6.45) is 16.8. The Labute approximate surface area is 169 Å². The van der Waals surface area contributed by atoms with Crippen LogP contribution in [-0.2, 0) is 17.8 Å². The van der Waals surface area contributed by atoms with Gasteiger partial charge in [0.2, 0.25) is 5.91 Å². The van der Waals surface area contributed by atoms with Crippen LogP contribution < -0.4 is 10.1 Å². The highest BCUT2D eigenvalue weighted by molar-refractivity contribution is 5.72. The van der Waals surface area contributed by atoms with Gasteiger partial charge in [-0.3, -0.25) is 4.79 Å². The third-order valence-corrected chi connectivity index (χ3v) is 4.85. The molecule has 0 aliphatic rings. The van der Waals surface area contributed by atoms with Crippen LogP contribution in [-0.4, -0.2) is 28.6 Å². The van der Waals surface area contributed by atoms with E-state index in [0.717, 1.165) is 31.7 Å². The second kappa shape index (κ2) is 13.8.